The molecule has 2 unspecified atom stereocenters. The van der Waals surface area contributed by atoms with Gasteiger partial charge < -0.3 is 14.8 Å². The van der Waals surface area contributed by atoms with E-state index >= 15 is 0 Å². The Kier molecular flexibility index (Phi) is 5.41. The standard InChI is InChI=1S/C31H28N2O4/c1-17(2)19-8-11-22(12-9-19)33-28(24-16-32-25-7-5-4-6-23(24)25)27(30(35)31(33)36)29(34)20-10-13-26-21(15-20)14-18(3)37-26/h4-13,15-18,28,32,34H,14H2,1-3H3/b29-27+. The summed E-state index contributed by atoms with van der Waals surface area (Å²) in [6.45, 7) is 6.21. The topological polar surface area (TPSA) is 82.6 Å². The molecule has 4 aromatic rings. The Hall–Kier alpha value is -4.32. The molecule has 1 amide bonds. The van der Waals surface area contributed by atoms with E-state index in [0.717, 1.165) is 39.8 Å². The van der Waals surface area contributed by atoms with E-state index in [-0.39, 0.29) is 17.4 Å². The lowest BCUT2D eigenvalue weighted by atomic mass is 9.94. The zero-order valence-electron chi connectivity index (χ0n) is 21.0. The van der Waals surface area contributed by atoms with E-state index in [1.54, 1.807) is 6.07 Å². The first-order chi connectivity index (χ1) is 17.8. The molecule has 3 aromatic carbocycles. The van der Waals surface area contributed by atoms with Crippen LogP contribution in [0.2, 0.25) is 0 Å². The summed E-state index contributed by atoms with van der Waals surface area (Å²) in [7, 11) is 0. The Bertz CT molecular complexity index is 1580. The highest BCUT2D eigenvalue weighted by atomic mass is 16.5. The van der Waals surface area contributed by atoms with Crippen LogP contribution in [0.5, 0.6) is 5.75 Å². The van der Waals surface area contributed by atoms with Gasteiger partial charge in [-0.1, -0.05) is 44.2 Å². The second-order valence-corrected chi connectivity index (χ2v) is 10.2. The molecule has 186 valence electrons. The third-order valence-corrected chi connectivity index (χ3v) is 7.37. The molecule has 0 saturated carbocycles. The number of hydrogen-bond donors (Lipinski definition) is 2. The molecule has 2 aliphatic heterocycles. The Morgan fingerprint density at radius 3 is 2.57 bits per heavy atom. The second kappa shape index (κ2) is 8.66. The molecule has 6 nitrogen and oxygen atoms in total. The summed E-state index contributed by atoms with van der Waals surface area (Å²) < 4.78 is 5.80. The molecule has 1 aromatic heterocycles. The maximum absolute atomic E-state index is 13.6. The van der Waals surface area contributed by atoms with Gasteiger partial charge in [0, 0.05) is 40.3 Å². The number of ketones is 1. The minimum atomic E-state index is -0.788. The number of hydrogen-bond acceptors (Lipinski definition) is 4. The van der Waals surface area contributed by atoms with Crippen molar-refractivity contribution in [1.82, 2.24) is 4.98 Å². The van der Waals surface area contributed by atoms with Crippen molar-refractivity contribution >= 4 is 34.0 Å². The number of aromatic nitrogens is 1. The van der Waals surface area contributed by atoms with Gasteiger partial charge in [-0.25, -0.2) is 0 Å². The Morgan fingerprint density at radius 2 is 1.81 bits per heavy atom. The summed E-state index contributed by atoms with van der Waals surface area (Å²) in [5, 5.41) is 12.4. The van der Waals surface area contributed by atoms with Crippen LogP contribution in [0, 0.1) is 0 Å². The van der Waals surface area contributed by atoms with E-state index in [1.807, 2.05) is 73.8 Å². The molecule has 0 spiro atoms. The molecule has 37 heavy (non-hydrogen) atoms. The lowest BCUT2D eigenvalue weighted by Gasteiger charge is -2.25. The SMILES string of the molecule is CC1Cc2cc(/C(O)=C3\C(=O)C(=O)N(c4ccc(C(C)C)cc4)C3c3c[nH]c4ccccc34)ccc2O1. The first kappa shape index (κ1) is 23.1. The van der Waals surface area contributed by atoms with Crippen molar-refractivity contribution < 1.29 is 19.4 Å². The molecule has 0 bridgehead atoms. The van der Waals surface area contributed by atoms with Crippen molar-refractivity contribution in [2.24, 2.45) is 0 Å². The van der Waals surface area contributed by atoms with Gasteiger partial charge in [-0.05, 0) is 60.4 Å². The predicted molar refractivity (Wildman–Crippen MR) is 144 cm³/mol. The summed E-state index contributed by atoms with van der Waals surface area (Å²) in [5.41, 5.74) is 4.93. The number of rotatable bonds is 4. The zero-order chi connectivity index (χ0) is 25.8. The highest BCUT2D eigenvalue weighted by Gasteiger charge is 2.47. The average molecular weight is 493 g/mol. The van der Waals surface area contributed by atoms with Crippen molar-refractivity contribution in [2.45, 2.75) is 45.3 Å². The average Bonchev–Trinajstić information content (AvgIpc) is 3.56. The van der Waals surface area contributed by atoms with Crippen LogP contribution in [0.25, 0.3) is 16.7 Å². The van der Waals surface area contributed by atoms with Crippen molar-refractivity contribution in [3.8, 4) is 5.75 Å². The highest BCUT2D eigenvalue weighted by molar-refractivity contribution is 6.51. The number of nitrogens with one attached hydrogen (secondary N) is 1. The number of benzene rings is 3. The van der Waals surface area contributed by atoms with Crippen LogP contribution in [0.1, 0.15) is 55.0 Å². The maximum atomic E-state index is 13.6. The number of nitrogens with zero attached hydrogens (tertiary/aromatic N) is 1. The monoisotopic (exact) mass is 492 g/mol. The van der Waals surface area contributed by atoms with Crippen molar-refractivity contribution in [2.75, 3.05) is 4.90 Å². The lowest BCUT2D eigenvalue weighted by Crippen LogP contribution is -2.29. The maximum Gasteiger partial charge on any atom is 0.300 e. The molecule has 3 heterocycles. The van der Waals surface area contributed by atoms with Crippen LogP contribution in [0.3, 0.4) is 0 Å². The fourth-order valence-corrected chi connectivity index (χ4v) is 5.46. The van der Waals surface area contributed by atoms with E-state index in [1.165, 1.54) is 4.90 Å². The van der Waals surface area contributed by atoms with Gasteiger partial charge in [0.25, 0.3) is 11.7 Å². The van der Waals surface area contributed by atoms with Crippen molar-refractivity contribution in [3.63, 3.8) is 0 Å². The van der Waals surface area contributed by atoms with Crippen molar-refractivity contribution in [3.05, 3.63) is 101 Å². The lowest BCUT2D eigenvalue weighted by molar-refractivity contribution is -0.132. The van der Waals surface area contributed by atoms with Gasteiger partial charge in [0.15, 0.2) is 0 Å². The molecular weight excluding hydrogens is 464 g/mol. The van der Waals surface area contributed by atoms with E-state index in [4.69, 9.17) is 4.74 Å². The van der Waals surface area contributed by atoms with E-state index < -0.39 is 17.7 Å². The number of aliphatic hydroxyl groups excluding tert-OH is 1. The number of anilines is 1. The summed E-state index contributed by atoms with van der Waals surface area (Å²) in [6, 6.07) is 20.1. The molecule has 2 atom stereocenters. The second-order valence-electron chi connectivity index (χ2n) is 10.2. The van der Waals surface area contributed by atoms with Crippen LogP contribution < -0.4 is 9.64 Å². The summed E-state index contributed by atoms with van der Waals surface area (Å²) in [4.78, 5) is 31.9. The largest absolute Gasteiger partial charge is 0.507 e. The molecular formula is C31H28N2O4. The third-order valence-electron chi connectivity index (χ3n) is 7.37. The third kappa shape index (κ3) is 3.71. The first-order valence-corrected chi connectivity index (χ1v) is 12.6. The van der Waals surface area contributed by atoms with Gasteiger partial charge in [-0.15, -0.1) is 0 Å². The minimum absolute atomic E-state index is 0.0537. The first-order valence-electron chi connectivity index (χ1n) is 12.6. The Balaban J connectivity index is 1.55. The number of aromatic amines is 1. The van der Waals surface area contributed by atoms with Gasteiger partial charge in [-0.3, -0.25) is 14.5 Å². The van der Waals surface area contributed by atoms with Crippen molar-refractivity contribution in [1.29, 1.82) is 0 Å². The molecule has 2 N–H and O–H groups in total. The van der Waals surface area contributed by atoms with Gasteiger partial charge >= 0.3 is 0 Å². The number of carbonyl (C=O) groups excluding carboxylic acids is 2. The summed E-state index contributed by atoms with van der Waals surface area (Å²) in [6.07, 6.45) is 2.60. The number of fused-ring (bicyclic) bond motifs is 2. The Labute approximate surface area is 215 Å². The number of para-hydroxylation sites is 1. The van der Waals surface area contributed by atoms with E-state index in [0.29, 0.717) is 17.2 Å². The van der Waals surface area contributed by atoms with Crippen LogP contribution in [-0.4, -0.2) is 27.9 Å². The van der Waals surface area contributed by atoms with Crippen LogP contribution in [0.15, 0.2) is 78.5 Å². The number of H-pyrrole nitrogens is 1. The molecule has 6 rings (SSSR count). The van der Waals surface area contributed by atoms with Gasteiger partial charge in [0.2, 0.25) is 0 Å². The number of aliphatic hydroxyl groups is 1. The smallest absolute Gasteiger partial charge is 0.300 e. The normalized spacial score (nSPS) is 20.6. The van der Waals surface area contributed by atoms with E-state index in [9.17, 15) is 14.7 Å². The zero-order valence-corrected chi connectivity index (χ0v) is 21.0. The molecule has 1 saturated heterocycles. The number of carbonyl (C=O) groups is 2. The fourth-order valence-electron chi connectivity index (χ4n) is 5.46. The number of Topliss-reactive ketones (excluding diaryl/α,β-unsaturated/α-hetero) is 1. The number of amides is 1. The molecule has 1 fully saturated rings. The van der Waals surface area contributed by atoms with Gasteiger partial charge in [0.1, 0.15) is 17.6 Å². The summed E-state index contributed by atoms with van der Waals surface area (Å²) >= 11 is 0. The quantitative estimate of drug-likeness (QED) is 0.201. The van der Waals surface area contributed by atoms with Crippen LogP contribution >= 0.6 is 0 Å². The highest BCUT2D eigenvalue weighted by Crippen LogP contribution is 2.45. The van der Waals surface area contributed by atoms with Crippen LogP contribution in [-0.2, 0) is 16.0 Å². The van der Waals surface area contributed by atoms with Crippen LogP contribution in [0.4, 0.5) is 5.69 Å². The van der Waals surface area contributed by atoms with E-state index in [2.05, 4.69) is 18.8 Å². The molecule has 0 aliphatic carbocycles. The molecule has 6 heteroatoms. The molecule has 0 radical (unpaired) electrons. The summed E-state index contributed by atoms with van der Waals surface area (Å²) in [5.74, 6) is -0.432. The predicted octanol–water partition coefficient (Wildman–Crippen LogP) is 6.24. The fraction of sp³-hybridized carbons (Fsp3) is 0.226. The van der Waals surface area contributed by atoms with Gasteiger partial charge in [-0.2, -0.15) is 0 Å². The van der Waals surface area contributed by atoms with Gasteiger partial charge in [0.05, 0.1) is 11.6 Å². The number of ether oxygens (including phenoxy) is 1. The minimum Gasteiger partial charge on any atom is -0.507 e. The Morgan fingerprint density at radius 1 is 1.05 bits per heavy atom. The molecule has 2 aliphatic rings.